The first-order chi connectivity index (χ1) is 31.0. The third-order valence-corrected chi connectivity index (χ3v) is 12.2. The van der Waals surface area contributed by atoms with Crippen LogP contribution in [0.1, 0.15) is 265 Å². The molecule has 0 spiro atoms. The first kappa shape index (κ1) is 60.6. The van der Waals surface area contributed by atoms with Crippen molar-refractivity contribution < 1.29 is 24.5 Å². The molecule has 0 saturated carbocycles. The maximum absolute atomic E-state index is 13.2. The van der Waals surface area contributed by atoms with Gasteiger partial charge in [-0.15, -0.1) is 0 Å². The first-order valence-electron chi connectivity index (χ1n) is 27.1. The molecule has 63 heavy (non-hydrogen) atoms. The van der Waals surface area contributed by atoms with E-state index in [0.717, 1.165) is 77.0 Å². The zero-order valence-electron chi connectivity index (χ0n) is 41.7. The number of amides is 1. The highest BCUT2D eigenvalue weighted by atomic mass is 16.5. The standard InChI is InChI=1S/C57H103NO5/c1-4-7-10-13-16-19-22-25-26-27-28-29-32-35-38-41-44-47-50-57(62)63-53(48-45-42-39-36-33-30-23-20-17-14-11-8-5-2)51-56(61)58-54(52-59)55(60)49-46-43-40-37-34-31-24-21-18-15-12-9-6-3/h10,13,16,19,22,25-29,53-55,59-60H,4-9,11-12,14-15,17-18,20-21,23-24,30-52H2,1-3H3,(H,58,61)/b13-10+,19-16+,25-22+,27-26+,29-28+. The van der Waals surface area contributed by atoms with Crippen molar-refractivity contribution in [1.29, 1.82) is 0 Å². The molecule has 0 aromatic carbocycles. The molecule has 0 bridgehead atoms. The van der Waals surface area contributed by atoms with Crippen LogP contribution < -0.4 is 5.32 Å². The fourth-order valence-corrected chi connectivity index (χ4v) is 8.11. The Morgan fingerprint density at radius 2 is 0.841 bits per heavy atom. The number of carbonyl (C=O) groups is 2. The van der Waals surface area contributed by atoms with Crippen LogP contribution in [0.2, 0.25) is 0 Å². The van der Waals surface area contributed by atoms with E-state index in [1.54, 1.807) is 0 Å². The second-order valence-corrected chi connectivity index (χ2v) is 18.4. The third kappa shape index (κ3) is 45.9. The van der Waals surface area contributed by atoms with Gasteiger partial charge in [0.05, 0.1) is 25.2 Å². The molecule has 6 nitrogen and oxygen atoms in total. The van der Waals surface area contributed by atoms with Crippen LogP contribution in [0.25, 0.3) is 0 Å². The largest absolute Gasteiger partial charge is 0.462 e. The molecule has 0 aromatic heterocycles. The summed E-state index contributed by atoms with van der Waals surface area (Å²) in [6, 6.07) is -0.706. The average molecular weight is 882 g/mol. The highest BCUT2D eigenvalue weighted by Crippen LogP contribution is 2.18. The number of rotatable bonds is 48. The van der Waals surface area contributed by atoms with Gasteiger partial charge >= 0.3 is 5.97 Å². The minimum Gasteiger partial charge on any atom is -0.462 e. The normalized spacial score (nSPS) is 13.7. The summed E-state index contributed by atoms with van der Waals surface area (Å²) in [6.45, 7) is 6.40. The zero-order valence-corrected chi connectivity index (χ0v) is 41.7. The lowest BCUT2D eigenvalue weighted by molar-refractivity contribution is -0.151. The lowest BCUT2D eigenvalue weighted by Gasteiger charge is -2.24. The van der Waals surface area contributed by atoms with Crippen LogP contribution in [0.5, 0.6) is 0 Å². The van der Waals surface area contributed by atoms with E-state index in [4.69, 9.17) is 4.74 Å². The molecule has 6 heteroatoms. The summed E-state index contributed by atoms with van der Waals surface area (Å²) in [5.74, 6) is -0.495. The maximum atomic E-state index is 13.2. The van der Waals surface area contributed by atoms with Gasteiger partial charge in [0.2, 0.25) is 5.91 Å². The number of allylic oxidation sites excluding steroid dienone is 10. The molecule has 3 unspecified atom stereocenters. The van der Waals surface area contributed by atoms with E-state index in [1.165, 1.54) is 141 Å². The Hall–Kier alpha value is -2.44. The highest BCUT2D eigenvalue weighted by molar-refractivity contribution is 5.77. The molecule has 0 aliphatic rings. The molecular weight excluding hydrogens is 779 g/mol. The lowest BCUT2D eigenvalue weighted by Crippen LogP contribution is -2.46. The number of unbranched alkanes of at least 4 members (excludes halogenated alkanes) is 30. The summed E-state index contributed by atoms with van der Waals surface area (Å²) in [7, 11) is 0. The minimum absolute atomic E-state index is 0.0682. The molecule has 1 amide bonds. The summed E-state index contributed by atoms with van der Waals surface area (Å²) < 4.78 is 5.94. The fraction of sp³-hybridized carbons (Fsp3) is 0.789. The Balaban J connectivity index is 4.60. The second-order valence-electron chi connectivity index (χ2n) is 18.4. The first-order valence-corrected chi connectivity index (χ1v) is 27.1. The molecule has 0 fully saturated rings. The maximum Gasteiger partial charge on any atom is 0.306 e. The van der Waals surface area contributed by atoms with Crippen LogP contribution in [0.15, 0.2) is 60.8 Å². The predicted octanol–water partition coefficient (Wildman–Crippen LogP) is 16.4. The quantitative estimate of drug-likeness (QED) is 0.0321. The Morgan fingerprint density at radius 3 is 1.29 bits per heavy atom. The van der Waals surface area contributed by atoms with Gasteiger partial charge < -0.3 is 20.3 Å². The highest BCUT2D eigenvalue weighted by Gasteiger charge is 2.24. The van der Waals surface area contributed by atoms with E-state index in [9.17, 15) is 19.8 Å². The number of aliphatic hydroxyl groups is 2. The molecule has 0 aliphatic heterocycles. The van der Waals surface area contributed by atoms with E-state index in [-0.39, 0.29) is 24.9 Å². The van der Waals surface area contributed by atoms with Gasteiger partial charge in [0.1, 0.15) is 6.10 Å². The molecule has 0 aliphatic carbocycles. The number of nitrogens with one attached hydrogen (secondary N) is 1. The van der Waals surface area contributed by atoms with Gasteiger partial charge in [-0.1, -0.05) is 268 Å². The zero-order chi connectivity index (χ0) is 45.9. The Labute approximate surface area is 390 Å². The van der Waals surface area contributed by atoms with E-state index >= 15 is 0 Å². The SMILES string of the molecule is CCC/C=C/C=C/C=C/C=C/C=C/CCCCCCCC(=O)OC(CCCCCCCCCCCCCCC)CC(=O)NC(CO)C(O)CCCCCCCCCCCCCCC. The van der Waals surface area contributed by atoms with Crippen molar-refractivity contribution in [2.45, 2.75) is 283 Å². The molecule has 0 saturated heterocycles. The molecule has 3 N–H and O–H groups in total. The minimum atomic E-state index is -0.792. The predicted molar refractivity (Wildman–Crippen MR) is 273 cm³/mol. The van der Waals surface area contributed by atoms with E-state index < -0.39 is 18.2 Å². The third-order valence-electron chi connectivity index (χ3n) is 12.2. The van der Waals surface area contributed by atoms with Crippen molar-refractivity contribution in [2.24, 2.45) is 0 Å². The van der Waals surface area contributed by atoms with Crippen molar-refractivity contribution >= 4 is 11.9 Å². The number of carbonyl (C=O) groups excluding carboxylic acids is 2. The van der Waals surface area contributed by atoms with Crippen LogP contribution in [-0.2, 0) is 14.3 Å². The summed E-state index contributed by atoms with van der Waals surface area (Å²) in [6.07, 6.45) is 62.7. The Kier molecular flexibility index (Phi) is 48.6. The van der Waals surface area contributed by atoms with Crippen molar-refractivity contribution in [3.8, 4) is 0 Å². The fourth-order valence-electron chi connectivity index (χ4n) is 8.11. The van der Waals surface area contributed by atoms with Crippen LogP contribution in [0.4, 0.5) is 0 Å². The Morgan fingerprint density at radius 1 is 0.460 bits per heavy atom. The van der Waals surface area contributed by atoms with Crippen LogP contribution in [0, 0.1) is 0 Å². The van der Waals surface area contributed by atoms with Crippen molar-refractivity contribution in [2.75, 3.05) is 6.61 Å². The van der Waals surface area contributed by atoms with Gasteiger partial charge in [0.15, 0.2) is 0 Å². The molecule has 0 heterocycles. The number of esters is 1. The lowest BCUT2D eigenvalue weighted by atomic mass is 10.0. The van der Waals surface area contributed by atoms with Crippen LogP contribution in [0.3, 0.4) is 0 Å². The molecule has 0 radical (unpaired) electrons. The number of hydrogen-bond acceptors (Lipinski definition) is 5. The smallest absolute Gasteiger partial charge is 0.306 e. The molecule has 366 valence electrons. The Bertz CT molecular complexity index is 1130. The van der Waals surface area contributed by atoms with Crippen LogP contribution in [-0.4, -0.2) is 46.9 Å². The van der Waals surface area contributed by atoms with E-state index in [2.05, 4.69) is 62.5 Å². The second kappa shape index (κ2) is 50.6. The summed E-state index contributed by atoms with van der Waals surface area (Å²) in [5, 5.41) is 23.8. The summed E-state index contributed by atoms with van der Waals surface area (Å²) in [5.41, 5.74) is 0. The van der Waals surface area contributed by atoms with Crippen LogP contribution >= 0.6 is 0 Å². The average Bonchev–Trinajstić information content (AvgIpc) is 3.28. The van der Waals surface area contributed by atoms with Gasteiger partial charge in [0.25, 0.3) is 0 Å². The molecule has 0 aromatic rings. The van der Waals surface area contributed by atoms with Gasteiger partial charge in [-0.25, -0.2) is 0 Å². The van der Waals surface area contributed by atoms with E-state index in [1.807, 2.05) is 24.3 Å². The van der Waals surface area contributed by atoms with Gasteiger partial charge in [0, 0.05) is 6.42 Å². The molecule has 0 rings (SSSR count). The van der Waals surface area contributed by atoms with Gasteiger partial charge in [-0.2, -0.15) is 0 Å². The molecule has 3 atom stereocenters. The van der Waals surface area contributed by atoms with Crippen molar-refractivity contribution in [3.05, 3.63) is 60.8 Å². The van der Waals surface area contributed by atoms with Gasteiger partial charge in [-0.05, 0) is 44.9 Å². The number of ether oxygens (including phenoxy) is 1. The van der Waals surface area contributed by atoms with E-state index in [0.29, 0.717) is 19.3 Å². The summed E-state index contributed by atoms with van der Waals surface area (Å²) >= 11 is 0. The number of aliphatic hydroxyl groups excluding tert-OH is 2. The van der Waals surface area contributed by atoms with Gasteiger partial charge in [-0.3, -0.25) is 9.59 Å². The molecular formula is C57H103NO5. The monoisotopic (exact) mass is 882 g/mol. The summed E-state index contributed by atoms with van der Waals surface area (Å²) in [4.78, 5) is 26.2. The number of hydrogen-bond donors (Lipinski definition) is 3. The van der Waals surface area contributed by atoms with Crippen molar-refractivity contribution in [1.82, 2.24) is 5.32 Å². The van der Waals surface area contributed by atoms with Crippen molar-refractivity contribution in [3.63, 3.8) is 0 Å². The topological polar surface area (TPSA) is 95.9 Å².